The highest BCUT2D eigenvalue weighted by Crippen LogP contribution is 2.34. The number of hydrogen-bond donors (Lipinski definition) is 1. The molecule has 3 aromatic carbocycles. The van der Waals surface area contributed by atoms with Crippen LogP contribution in [0.25, 0.3) is 11.6 Å². The van der Waals surface area contributed by atoms with Gasteiger partial charge in [-0.2, -0.15) is 0 Å². The Labute approximate surface area is 197 Å². The number of anilines is 1. The standard InChI is InChI=1S/C25H18ClF2NO2.C2H6/c1-16(24(31)13-11-19-21(27)8-5-9-22(19)28)25(17-6-3-2-4-7-17)20-14-18(26)10-12-23(20)29-15-30;1-2/h2-15H,1H3,(H,29,30);1-2H3/b13-11+,25-16+;. The summed E-state index contributed by atoms with van der Waals surface area (Å²) in [6, 6.07) is 17.5. The van der Waals surface area contributed by atoms with Gasteiger partial charge in [0.15, 0.2) is 5.78 Å². The smallest absolute Gasteiger partial charge is 0.211 e. The quantitative estimate of drug-likeness (QED) is 0.292. The predicted molar refractivity (Wildman–Crippen MR) is 131 cm³/mol. The molecule has 0 aliphatic rings. The van der Waals surface area contributed by atoms with E-state index in [2.05, 4.69) is 5.32 Å². The van der Waals surface area contributed by atoms with Gasteiger partial charge in [0.2, 0.25) is 6.41 Å². The Kier molecular flexibility index (Phi) is 9.70. The summed E-state index contributed by atoms with van der Waals surface area (Å²) in [5.41, 5.74) is 2.29. The van der Waals surface area contributed by atoms with Crippen molar-refractivity contribution in [1.29, 1.82) is 0 Å². The number of carbonyl (C=O) groups excluding carboxylic acids is 2. The Morgan fingerprint density at radius 3 is 2.18 bits per heavy atom. The Morgan fingerprint density at radius 1 is 0.939 bits per heavy atom. The van der Waals surface area contributed by atoms with E-state index in [1.807, 2.05) is 44.2 Å². The largest absolute Gasteiger partial charge is 0.328 e. The van der Waals surface area contributed by atoms with Crippen molar-refractivity contribution < 1.29 is 18.4 Å². The molecule has 0 aliphatic carbocycles. The number of benzene rings is 3. The Balaban J connectivity index is 0.00000187. The van der Waals surface area contributed by atoms with Gasteiger partial charge in [-0.25, -0.2) is 8.78 Å². The molecular formula is C27H24ClF2NO2. The third-order valence-corrected chi connectivity index (χ3v) is 4.91. The zero-order valence-corrected chi connectivity index (χ0v) is 19.3. The molecule has 170 valence electrons. The van der Waals surface area contributed by atoms with Crippen molar-refractivity contribution >= 4 is 41.1 Å². The fraction of sp³-hybridized carbons (Fsp3) is 0.111. The van der Waals surface area contributed by atoms with Crippen molar-refractivity contribution in [2.45, 2.75) is 20.8 Å². The van der Waals surface area contributed by atoms with Crippen molar-refractivity contribution in [2.24, 2.45) is 0 Å². The van der Waals surface area contributed by atoms with Crippen molar-refractivity contribution in [2.75, 3.05) is 5.32 Å². The molecule has 0 heterocycles. The van der Waals surface area contributed by atoms with Crippen LogP contribution >= 0.6 is 11.6 Å². The van der Waals surface area contributed by atoms with Crippen molar-refractivity contribution in [1.82, 2.24) is 0 Å². The first-order chi connectivity index (χ1) is 15.9. The van der Waals surface area contributed by atoms with Crippen molar-refractivity contribution in [3.8, 4) is 0 Å². The molecule has 3 rings (SSSR count). The van der Waals surface area contributed by atoms with Gasteiger partial charge in [-0.15, -0.1) is 0 Å². The number of amides is 1. The van der Waals surface area contributed by atoms with Gasteiger partial charge in [0.05, 0.1) is 0 Å². The van der Waals surface area contributed by atoms with E-state index in [1.165, 1.54) is 6.07 Å². The van der Waals surface area contributed by atoms with Crippen LogP contribution in [0.5, 0.6) is 0 Å². The van der Waals surface area contributed by atoms with Crippen LogP contribution in [0.15, 0.2) is 78.4 Å². The first-order valence-corrected chi connectivity index (χ1v) is 10.7. The Morgan fingerprint density at radius 2 is 1.58 bits per heavy atom. The molecule has 3 nitrogen and oxygen atoms in total. The third-order valence-electron chi connectivity index (χ3n) is 4.67. The molecule has 1 N–H and O–H groups in total. The minimum absolute atomic E-state index is 0.295. The van der Waals surface area contributed by atoms with Crippen LogP contribution in [0, 0.1) is 11.6 Å². The van der Waals surface area contributed by atoms with Crippen molar-refractivity contribution in [3.63, 3.8) is 0 Å². The van der Waals surface area contributed by atoms with E-state index in [4.69, 9.17) is 11.6 Å². The molecule has 0 bridgehead atoms. The Hall–Kier alpha value is -3.57. The van der Waals surface area contributed by atoms with Crippen LogP contribution < -0.4 is 5.32 Å². The summed E-state index contributed by atoms with van der Waals surface area (Å²) in [6.07, 6.45) is 2.77. The van der Waals surface area contributed by atoms with Gasteiger partial charge in [0.1, 0.15) is 11.6 Å². The number of halogens is 3. The van der Waals surface area contributed by atoms with Crippen LogP contribution in [-0.4, -0.2) is 12.2 Å². The van der Waals surface area contributed by atoms with E-state index < -0.39 is 17.4 Å². The van der Waals surface area contributed by atoms with Gasteiger partial charge in [-0.3, -0.25) is 9.59 Å². The van der Waals surface area contributed by atoms with Gasteiger partial charge in [-0.05, 0) is 60.5 Å². The average molecular weight is 468 g/mol. The van der Waals surface area contributed by atoms with Crippen LogP contribution in [0.2, 0.25) is 5.02 Å². The van der Waals surface area contributed by atoms with Crippen LogP contribution in [0.1, 0.15) is 37.5 Å². The highest BCUT2D eigenvalue weighted by atomic mass is 35.5. The van der Waals surface area contributed by atoms with Gasteiger partial charge in [-0.1, -0.05) is 61.8 Å². The molecular weight excluding hydrogens is 444 g/mol. The number of ketones is 1. The minimum atomic E-state index is -0.763. The highest BCUT2D eigenvalue weighted by molar-refractivity contribution is 6.31. The van der Waals surface area contributed by atoms with E-state index in [1.54, 1.807) is 25.1 Å². The monoisotopic (exact) mass is 467 g/mol. The molecule has 0 aliphatic heterocycles. The summed E-state index contributed by atoms with van der Waals surface area (Å²) < 4.78 is 27.8. The van der Waals surface area contributed by atoms with Crippen LogP contribution in [0.3, 0.4) is 0 Å². The lowest BCUT2D eigenvalue weighted by Gasteiger charge is -2.16. The van der Waals surface area contributed by atoms with Gasteiger partial charge >= 0.3 is 0 Å². The second-order valence-corrected chi connectivity index (χ2v) is 7.09. The van der Waals surface area contributed by atoms with E-state index in [0.717, 1.165) is 29.8 Å². The number of carbonyl (C=O) groups is 2. The van der Waals surface area contributed by atoms with E-state index in [-0.39, 0.29) is 5.56 Å². The summed E-state index contributed by atoms with van der Waals surface area (Å²) in [7, 11) is 0. The zero-order chi connectivity index (χ0) is 24.4. The highest BCUT2D eigenvalue weighted by Gasteiger charge is 2.17. The summed E-state index contributed by atoms with van der Waals surface area (Å²) in [4.78, 5) is 24.1. The molecule has 0 saturated heterocycles. The average Bonchev–Trinajstić information content (AvgIpc) is 2.82. The molecule has 6 heteroatoms. The molecule has 0 aromatic heterocycles. The van der Waals surface area contributed by atoms with Crippen LogP contribution in [-0.2, 0) is 9.59 Å². The SMILES string of the molecule is C/C(C(=O)/C=C/c1c(F)cccc1F)=C(/c1ccccc1)c1cc(Cl)ccc1NC=O.CC. The van der Waals surface area contributed by atoms with E-state index in [0.29, 0.717) is 33.8 Å². The maximum Gasteiger partial charge on any atom is 0.211 e. The summed E-state index contributed by atoms with van der Waals surface area (Å²) in [5.74, 6) is -1.97. The lowest BCUT2D eigenvalue weighted by atomic mass is 9.90. The van der Waals surface area contributed by atoms with Crippen molar-refractivity contribution in [3.05, 3.63) is 112 Å². The number of allylic oxidation sites excluding steroid dienone is 2. The molecule has 0 fully saturated rings. The molecule has 0 unspecified atom stereocenters. The molecule has 0 saturated carbocycles. The number of rotatable bonds is 7. The summed E-state index contributed by atoms with van der Waals surface area (Å²) >= 11 is 6.19. The minimum Gasteiger partial charge on any atom is -0.328 e. The summed E-state index contributed by atoms with van der Waals surface area (Å²) in [5, 5.41) is 3.04. The molecule has 0 atom stereocenters. The Bertz CT molecular complexity index is 1170. The summed E-state index contributed by atoms with van der Waals surface area (Å²) in [6.45, 7) is 5.61. The zero-order valence-electron chi connectivity index (χ0n) is 18.5. The molecule has 0 spiro atoms. The van der Waals surface area contributed by atoms with E-state index in [9.17, 15) is 18.4 Å². The lowest BCUT2D eigenvalue weighted by Crippen LogP contribution is -2.05. The van der Waals surface area contributed by atoms with E-state index >= 15 is 0 Å². The molecule has 33 heavy (non-hydrogen) atoms. The second kappa shape index (κ2) is 12.5. The first kappa shape index (κ1) is 25.7. The number of nitrogens with one attached hydrogen (secondary N) is 1. The predicted octanol–water partition coefficient (Wildman–Crippen LogP) is 7.32. The normalized spacial score (nSPS) is 11.3. The van der Waals surface area contributed by atoms with Gasteiger partial charge < -0.3 is 5.32 Å². The third kappa shape index (κ3) is 6.46. The maximum absolute atomic E-state index is 13.9. The maximum atomic E-state index is 13.9. The molecule has 3 aromatic rings. The molecule has 0 radical (unpaired) electrons. The fourth-order valence-corrected chi connectivity index (χ4v) is 3.34. The van der Waals surface area contributed by atoms with Crippen LogP contribution in [0.4, 0.5) is 14.5 Å². The second-order valence-electron chi connectivity index (χ2n) is 6.65. The fourth-order valence-electron chi connectivity index (χ4n) is 3.17. The number of hydrogen-bond acceptors (Lipinski definition) is 2. The first-order valence-electron chi connectivity index (χ1n) is 10.3. The van der Waals surface area contributed by atoms with Gasteiger partial charge in [0.25, 0.3) is 0 Å². The topological polar surface area (TPSA) is 46.2 Å². The molecule has 1 amide bonds. The lowest BCUT2D eigenvalue weighted by molar-refractivity contribution is -0.111. The van der Waals surface area contributed by atoms with Gasteiger partial charge in [0, 0.05) is 27.4 Å².